The highest BCUT2D eigenvalue weighted by molar-refractivity contribution is 7.09. The van der Waals surface area contributed by atoms with Crippen LogP contribution >= 0.6 is 11.3 Å². The van der Waals surface area contributed by atoms with Crippen molar-refractivity contribution in [1.82, 2.24) is 10.2 Å². The largest absolute Gasteiger partial charge is 0.481 e. The van der Waals surface area contributed by atoms with E-state index in [1.807, 2.05) is 12.2 Å². The number of ketones is 1. The van der Waals surface area contributed by atoms with Gasteiger partial charge in [0.05, 0.1) is 12.3 Å². The molecule has 4 atom stereocenters. The standard InChI is InChI=1S/C12H12N2O3S/c15-8(4-9-14-13-5-18-9)10-6-1-2-7(3-6)11(10)12(16)17/h1-2,5-7,10-11H,3-4H2,(H,16,17)/t6-,7+,10-,11+/m1/s1. The number of carbonyl (C=O) groups is 2. The van der Waals surface area contributed by atoms with E-state index in [-0.39, 0.29) is 30.0 Å². The number of hydrogen-bond acceptors (Lipinski definition) is 5. The molecule has 0 radical (unpaired) electrons. The minimum atomic E-state index is -0.859. The first-order valence-corrected chi connectivity index (χ1v) is 6.73. The predicted octanol–water partition coefficient (Wildman–Crippen LogP) is 1.17. The maximum atomic E-state index is 12.3. The first kappa shape index (κ1) is 11.5. The summed E-state index contributed by atoms with van der Waals surface area (Å²) in [6, 6.07) is 0. The molecule has 2 aliphatic rings. The zero-order chi connectivity index (χ0) is 12.7. The van der Waals surface area contributed by atoms with Gasteiger partial charge in [-0.1, -0.05) is 12.2 Å². The number of carbonyl (C=O) groups excluding carboxylic acids is 1. The Morgan fingerprint density at radius 1 is 1.33 bits per heavy atom. The van der Waals surface area contributed by atoms with Crippen LogP contribution in [-0.4, -0.2) is 27.1 Å². The molecule has 18 heavy (non-hydrogen) atoms. The minimum Gasteiger partial charge on any atom is -0.481 e. The van der Waals surface area contributed by atoms with E-state index >= 15 is 0 Å². The Morgan fingerprint density at radius 3 is 2.67 bits per heavy atom. The summed E-state index contributed by atoms with van der Waals surface area (Å²) >= 11 is 1.33. The maximum Gasteiger partial charge on any atom is 0.307 e. The molecule has 0 aliphatic heterocycles. The summed E-state index contributed by atoms with van der Waals surface area (Å²) in [4.78, 5) is 23.6. The number of rotatable bonds is 4. The third-order valence-electron chi connectivity index (χ3n) is 3.85. The molecule has 1 aromatic rings. The highest BCUT2D eigenvalue weighted by atomic mass is 32.1. The van der Waals surface area contributed by atoms with Crippen molar-refractivity contribution in [2.24, 2.45) is 23.7 Å². The van der Waals surface area contributed by atoms with E-state index in [4.69, 9.17) is 0 Å². The molecule has 1 heterocycles. The Morgan fingerprint density at radius 2 is 2.06 bits per heavy atom. The fourth-order valence-electron chi connectivity index (χ4n) is 3.14. The number of Topliss-reactive ketones (excluding diaryl/α,β-unsaturated/α-hetero) is 1. The van der Waals surface area contributed by atoms with Crippen molar-refractivity contribution in [3.63, 3.8) is 0 Å². The number of allylic oxidation sites excluding steroid dienone is 2. The number of aromatic nitrogens is 2. The van der Waals surface area contributed by atoms with E-state index in [9.17, 15) is 14.7 Å². The first-order chi connectivity index (χ1) is 8.66. The Bertz CT molecular complexity index is 511. The number of hydrogen-bond donors (Lipinski definition) is 1. The molecule has 6 heteroatoms. The fourth-order valence-corrected chi connectivity index (χ4v) is 3.67. The van der Waals surface area contributed by atoms with Crippen molar-refractivity contribution in [2.45, 2.75) is 12.8 Å². The van der Waals surface area contributed by atoms with Gasteiger partial charge in [0, 0.05) is 5.92 Å². The Kier molecular flexibility index (Phi) is 2.74. The molecule has 0 amide bonds. The summed E-state index contributed by atoms with van der Waals surface area (Å²) in [6.45, 7) is 0. The van der Waals surface area contributed by atoms with E-state index < -0.39 is 11.9 Å². The Hall–Kier alpha value is -1.56. The van der Waals surface area contributed by atoms with Crippen molar-refractivity contribution in [2.75, 3.05) is 0 Å². The lowest BCUT2D eigenvalue weighted by molar-refractivity contribution is -0.147. The van der Waals surface area contributed by atoms with E-state index in [0.29, 0.717) is 5.01 Å². The van der Waals surface area contributed by atoms with Gasteiger partial charge in [-0.25, -0.2) is 0 Å². The fraction of sp³-hybridized carbons (Fsp3) is 0.500. The zero-order valence-corrected chi connectivity index (χ0v) is 10.3. The molecule has 2 bridgehead atoms. The van der Waals surface area contributed by atoms with E-state index in [1.54, 1.807) is 5.51 Å². The van der Waals surface area contributed by atoms with Gasteiger partial charge in [0.1, 0.15) is 16.3 Å². The SMILES string of the molecule is O=C(Cc1nncs1)[C@@H]1[C@@H](C(=O)O)[C@H]2C=C[C@@H]1C2. The van der Waals surface area contributed by atoms with Crippen molar-refractivity contribution in [3.8, 4) is 0 Å². The highest BCUT2D eigenvalue weighted by Gasteiger charge is 2.51. The van der Waals surface area contributed by atoms with Crippen LogP contribution in [0.4, 0.5) is 0 Å². The number of carboxylic acid groups (broad SMARTS) is 1. The molecule has 2 aliphatic carbocycles. The summed E-state index contributed by atoms with van der Waals surface area (Å²) in [5.41, 5.74) is 1.58. The molecule has 1 saturated carbocycles. The Balaban J connectivity index is 1.80. The summed E-state index contributed by atoms with van der Waals surface area (Å²) < 4.78 is 0. The summed E-state index contributed by atoms with van der Waals surface area (Å²) in [5, 5.41) is 17.5. The normalized spacial score (nSPS) is 32.9. The van der Waals surface area contributed by atoms with E-state index in [1.165, 1.54) is 11.3 Å². The second-order valence-corrected chi connectivity index (χ2v) is 5.73. The van der Waals surface area contributed by atoms with Gasteiger partial charge in [0.2, 0.25) is 0 Å². The molecule has 1 fully saturated rings. The number of carboxylic acids is 1. The van der Waals surface area contributed by atoms with Crippen LogP contribution in [0, 0.1) is 23.7 Å². The van der Waals surface area contributed by atoms with Crippen molar-refractivity contribution >= 4 is 23.1 Å². The van der Waals surface area contributed by atoms with E-state index in [2.05, 4.69) is 10.2 Å². The molecule has 3 rings (SSSR count). The second-order valence-electron chi connectivity index (χ2n) is 4.81. The third-order valence-corrected chi connectivity index (χ3v) is 4.54. The van der Waals surface area contributed by atoms with Gasteiger partial charge in [0.15, 0.2) is 0 Å². The zero-order valence-electron chi connectivity index (χ0n) is 9.52. The van der Waals surface area contributed by atoms with Gasteiger partial charge in [-0.05, 0) is 18.3 Å². The van der Waals surface area contributed by atoms with Crippen LogP contribution in [0.3, 0.4) is 0 Å². The summed E-state index contributed by atoms with van der Waals surface area (Å²) in [5.74, 6) is -1.70. The van der Waals surface area contributed by atoms with Crippen LogP contribution in [0.15, 0.2) is 17.7 Å². The molecular weight excluding hydrogens is 252 g/mol. The molecule has 0 aromatic carbocycles. The van der Waals surface area contributed by atoms with Crippen molar-refractivity contribution in [1.29, 1.82) is 0 Å². The van der Waals surface area contributed by atoms with Crippen molar-refractivity contribution in [3.05, 3.63) is 22.7 Å². The molecule has 0 unspecified atom stereocenters. The van der Waals surface area contributed by atoms with Crippen LogP contribution in [0.1, 0.15) is 11.4 Å². The smallest absolute Gasteiger partial charge is 0.307 e. The van der Waals surface area contributed by atoms with Crippen LogP contribution in [0.2, 0.25) is 0 Å². The summed E-state index contributed by atoms with van der Waals surface area (Å²) in [6.07, 6.45) is 4.94. The maximum absolute atomic E-state index is 12.3. The lowest BCUT2D eigenvalue weighted by atomic mass is 9.79. The molecular formula is C12H12N2O3S. The third kappa shape index (κ3) is 1.77. The quantitative estimate of drug-likeness (QED) is 0.826. The number of aliphatic carboxylic acids is 1. The molecule has 94 valence electrons. The van der Waals surface area contributed by atoms with E-state index in [0.717, 1.165) is 6.42 Å². The molecule has 0 saturated heterocycles. The minimum absolute atomic E-state index is 0.0176. The van der Waals surface area contributed by atoms with Crippen molar-refractivity contribution < 1.29 is 14.7 Å². The Labute approximate surface area is 108 Å². The van der Waals surface area contributed by atoms with Gasteiger partial charge >= 0.3 is 5.97 Å². The predicted molar refractivity (Wildman–Crippen MR) is 64.0 cm³/mol. The first-order valence-electron chi connectivity index (χ1n) is 5.85. The van der Waals surface area contributed by atoms with Gasteiger partial charge in [0.25, 0.3) is 0 Å². The lowest BCUT2D eigenvalue weighted by Gasteiger charge is -2.23. The van der Waals surface area contributed by atoms with Gasteiger partial charge in [-0.3, -0.25) is 9.59 Å². The molecule has 1 aromatic heterocycles. The monoisotopic (exact) mass is 264 g/mol. The molecule has 5 nitrogen and oxygen atoms in total. The highest BCUT2D eigenvalue weighted by Crippen LogP contribution is 2.48. The average molecular weight is 264 g/mol. The molecule has 1 N–H and O–H groups in total. The van der Waals surface area contributed by atoms with Gasteiger partial charge in [-0.15, -0.1) is 21.5 Å². The number of nitrogens with zero attached hydrogens (tertiary/aromatic N) is 2. The van der Waals surface area contributed by atoms with Crippen LogP contribution in [-0.2, 0) is 16.0 Å². The van der Waals surface area contributed by atoms with Gasteiger partial charge in [-0.2, -0.15) is 0 Å². The average Bonchev–Trinajstić information content (AvgIpc) is 3.03. The van der Waals surface area contributed by atoms with Gasteiger partial charge < -0.3 is 5.11 Å². The summed E-state index contributed by atoms with van der Waals surface area (Å²) in [7, 11) is 0. The van der Waals surface area contributed by atoms with Crippen LogP contribution in [0.25, 0.3) is 0 Å². The van der Waals surface area contributed by atoms with Crippen LogP contribution < -0.4 is 0 Å². The number of fused-ring (bicyclic) bond motifs is 2. The van der Waals surface area contributed by atoms with Crippen LogP contribution in [0.5, 0.6) is 0 Å². The molecule has 0 spiro atoms. The second kappa shape index (κ2) is 4.28. The topological polar surface area (TPSA) is 80.2 Å². The lowest BCUT2D eigenvalue weighted by Crippen LogP contribution is -2.33.